The van der Waals surface area contributed by atoms with Gasteiger partial charge in [-0.1, -0.05) is 39.7 Å². The summed E-state index contributed by atoms with van der Waals surface area (Å²) in [5.74, 6) is -0.283. The van der Waals surface area contributed by atoms with Crippen molar-refractivity contribution >= 4 is 5.78 Å². The summed E-state index contributed by atoms with van der Waals surface area (Å²) in [5, 5.41) is 9.66. The van der Waals surface area contributed by atoms with Gasteiger partial charge in [-0.2, -0.15) is 0 Å². The van der Waals surface area contributed by atoms with Crippen molar-refractivity contribution in [2.75, 3.05) is 0 Å². The van der Waals surface area contributed by atoms with Crippen LogP contribution in [-0.4, -0.2) is 10.9 Å². The second-order valence-electron chi connectivity index (χ2n) is 5.76. The van der Waals surface area contributed by atoms with Crippen LogP contribution in [0.15, 0.2) is 18.2 Å². The summed E-state index contributed by atoms with van der Waals surface area (Å²) in [6.45, 7) is 6.22. The zero-order chi connectivity index (χ0) is 15.2. The van der Waals surface area contributed by atoms with E-state index in [-0.39, 0.29) is 16.9 Å². The van der Waals surface area contributed by atoms with Gasteiger partial charge in [-0.25, -0.2) is 4.39 Å². The lowest BCUT2D eigenvalue weighted by atomic mass is 9.76. The number of rotatable bonds is 8. The SMILES string of the molecule is CCCC(C)(CCC)C(=O)CCc1ccc(F)cc1O. The van der Waals surface area contributed by atoms with Gasteiger partial charge >= 0.3 is 0 Å². The molecular weight excluding hydrogens is 255 g/mol. The van der Waals surface area contributed by atoms with Gasteiger partial charge in [0.2, 0.25) is 0 Å². The number of hydrogen-bond donors (Lipinski definition) is 1. The van der Waals surface area contributed by atoms with Crippen LogP contribution in [0.25, 0.3) is 0 Å². The van der Waals surface area contributed by atoms with Crippen molar-refractivity contribution < 1.29 is 14.3 Å². The van der Waals surface area contributed by atoms with Gasteiger partial charge in [0.1, 0.15) is 17.3 Å². The molecule has 1 rings (SSSR count). The third-order valence-corrected chi connectivity index (χ3v) is 3.95. The second kappa shape index (κ2) is 7.41. The van der Waals surface area contributed by atoms with Crippen molar-refractivity contribution in [1.82, 2.24) is 0 Å². The van der Waals surface area contributed by atoms with Crippen molar-refractivity contribution in [3.63, 3.8) is 0 Å². The fourth-order valence-corrected chi connectivity index (χ4v) is 2.81. The number of halogens is 1. The van der Waals surface area contributed by atoms with E-state index in [1.54, 1.807) is 6.07 Å². The predicted molar refractivity (Wildman–Crippen MR) is 79.3 cm³/mol. The summed E-state index contributed by atoms with van der Waals surface area (Å²) in [6, 6.07) is 3.96. The van der Waals surface area contributed by atoms with Crippen LogP contribution in [0.3, 0.4) is 0 Å². The van der Waals surface area contributed by atoms with Gasteiger partial charge in [-0.05, 0) is 30.9 Å². The van der Waals surface area contributed by atoms with E-state index in [9.17, 15) is 14.3 Å². The summed E-state index contributed by atoms with van der Waals surface area (Å²) < 4.78 is 12.9. The van der Waals surface area contributed by atoms with Gasteiger partial charge in [0.15, 0.2) is 0 Å². The fraction of sp³-hybridized carbons (Fsp3) is 0.588. The number of carbonyl (C=O) groups is 1. The number of benzene rings is 1. The molecule has 0 amide bonds. The first kappa shape index (κ1) is 16.7. The molecule has 20 heavy (non-hydrogen) atoms. The largest absolute Gasteiger partial charge is 0.508 e. The maximum absolute atomic E-state index is 12.9. The number of Topliss-reactive ketones (excluding diaryl/α,β-unsaturated/α-hetero) is 1. The van der Waals surface area contributed by atoms with Crippen molar-refractivity contribution in [2.45, 2.75) is 59.3 Å². The highest BCUT2D eigenvalue weighted by molar-refractivity contribution is 5.84. The van der Waals surface area contributed by atoms with Crippen LogP contribution in [0.2, 0.25) is 0 Å². The number of hydrogen-bond acceptors (Lipinski definition) is 2. The molecule has 0 aliphatic carbocycles. The van der Waals surface area contributed by atoms with Crippen LogP contribution in [-0.2, 0) is 11.2 Å². The van der Waals surface area contributed by atoms with Gasteiger partial charge in [-0.15, -0.1) is 0 Å². The van der Waals surface area contributed by atoms with Crippen LogP contribution < -0.4 is 0 Å². The molecule has 1 aromatic rings. The maximum atomic E-state index is 12.9. The molecule has 1 N–H and O–H groups in total. The van der Waals surface area contributed by atoms with E-state index in [2.05, 4.69) is 13.8 Å². The molecule has 1 aromatic carbocycles. The number of ketones is 1. The smallest absolute Gasteiger partial charge is 0.139 e. The molecule has 0 atom stereocenters. The fourth-order valence-electron chi connectivity index (χ4n) is 2.81. The molecule has 0 saturated carbocycles. The number of aromatic hydroxyl groups is 1. The highest BCUT2D eigenvalue weighted by Crippen LogP contribution is 2.32. The third kappa shape index (κ3) is 4.32. The Balaban J connectivity index is 2.69. The van der Waals surface area contributed by atoms with Gasteiger partial charge in [0.25, 0.3) is 0 Å². The van der Waals surface area contributed by atoms with E-state index in [1.807, 2.05) is 6.92 Å². The lowest BCUT2D eigenvalue weighted by Gasteiger charge is -2.27. The van der Waals surface area contributed by atoms with Crippen molar-refractivity contribution in [2.24, 2.45) is 5.41 Å². The topological polar surface area (TPSA) is 37.3 Å². The highest BCUT2D eigenvalue weighted by Gasteiger charge is 2.30. The molecule has 3 heteroatoms. The summed E-state index contributed by atoms with van der Waals surface area (Å²) in [4.78, 5) is 12.4. The van der Waals surface area contributed by atoms with Crippen LogP contribution >= 0.6 is 0 Å². The first-order valence-electron chi connectivity index (χ1n) is 7.43. The molecular formula is C17H25FO2. The normalized spacial score (nSPS) is 11.6. The lowest BCUT2D eigenvalue weighted by Crippen LogP contribution is -2.28. The monoisotopic (exact) mass is 280 g/mol. The van der Waals surface area contributed by atoms with E-state index in [0.717, 1.165) is 31.7 Å². The van der Waals surface area contributed by atoms with E-state index in [1.165, 1.54) is 6.07 Å². The van der Waals surface area contributed by atoms with Gasteiger partial charge in [0, 0.05) is 17.9 Å². The standard InChI is InChI=1S/C17H25FO2/c1-4-10-17(3,11-5-2)16(20)9-7-13-6-8-14(18)12-15(13)19/h6,8,12,19H,4-5,7,9-11H2,1-3H3. The van der Waals surface area contributed by atoms with E-state index in [0.29, 0.717) is 18.4 Å². The minimum absolute atomic E-state index is 0.0644. The Hall–Kier alpha value is -1.38. The predicted octanol–water partition coefficient (Wildman–Crippen LogP) is 4.64. The number of phenolic OH excluding ortho intramolecular Hbond substituents is 1. The first-order chi connectivity index (χ1) is 9.42. The minimum atomic E-state index is -0.459. The summed E-state index contributed by atoms with van der Waals surface area (Å²) >= 11 is 0. The highest BCUT2D eigenvalue weighted by atomic mass is 19.1. The van der Waals surface area contributed by atoms with Crippen molar-refractivity contribution in [1.29, 1.82) is 0 Å². The molecule has 0 spiro atoms. The molecule has 0 unspecified atom stereocenters. The average Bonchev–Trinajstić information content (AvgIpc) is 2.38. The van der Waals surface area contributed by atoms with E-state index in [4.69, 9.17) is 0 Å². The Morgan fingerprint density at radius 2 is 1.85 bits per heavy atom. The number of carbonyl (C=O) groups excluding carboxylic acids is 1. The second-order valence-corrected chi connectivity index (χ2v) is 5.76. The van der Waals surface area contributed by atoms with Crippen LogP contribution in [0.4, 0.5) is 4.39 Å². The number of phenols is 1. The molecule has 0 aliphatic rings. The molecule has 0 aliphatic heterocycles. The molecule has 0 saturated heterocycles. The zero-order valence-corrected chi connectivity index (χ0v) is 12.7. The quantitative estimate of drug-likeness (QED) is 0.753. The minimum Gasteiger partial charge on any atom is -0.508 e. The van der Waals surface area contributed by atoms with Gasteiger partial charge in [-0.3, -0.25) is 4.79 Å². The Bertz CT molecular complexity index is 448. The molecule has 112 valence electrons. The van der Waals surface area contributed by atoms with Crippen LogP contribution in [0, 0.1) is 11.2 Å². The van der Waals surface area contributed by atoms with Gasteiger partial charge in [0.05, 0.1) is 0 Å². The van der Waals surface area contributed by atoms with Crippen LogP contribution in [0.1, 0.15) is 58.4 Å². The Kier molecular flexibility index (Phi) is 6.18. The van der Waals surface area contributed by atoms with E-state index >= 15 is 0 Å². The number of aryl methyl sites for hydroxylation is 1. The first-order valence-corrected chi connectivity index (χ1v) is 7.43. The lowest BCUT2D eigenvalue weighted by molar-refractivity contribution is -0.128. The maximum Gasteiger partial charge on any atom is 0.139 e. The van der Waals surface area contributed by atoms with E-state index < -0.39 is 5.82 Å². The van der Waals surface area contributed by atoms with Crippen molar-refractivity contribution in [3.8, 4) is 5.75 Å². The summed E-state index contributed by atoms with van der Waals surface area (Å²) in [5.41, 5.74) is 0.370. The Morgan fingerprint density at radius 1 is 1.25 bits per heavy atom. The molecule has 2 nitrogen and oxygen atoms in total. The van der Waals surface area contributed by atoms with Crippen molar-refractivity contribution in [3.05, 3.63) is 29.6 Å². The molecule has 0 aromatic heterocycles. The molecule has 0 heterocycles. The van der Waals surface area contributed by atoms with Gasteiger partial charge < -0.3 is 5.11 Å². The Morgan fingerprint density at radius 3 is 2.35 bits per heavy atom. The Labute approximate surface area is 121 Å². The third-order valence-electron chi connectivity index (χ3n) is 3.95. The van der Waals surface area contributed by atoms with Crippen LogP contribution in [0.5, 0.6) is 5.75 Å². The molecule has 0 radical (unpaired) electrons. The zero-order valence-electron chi connectivity index (χ0n) is 12.7. The molecule has 0 fully saturated rings. The summed E-state index contributed by atoms with van der Waals surface area (Å²) in [6.07, 6.45) is 4.64. The average molecular weight is 280 g/mol. The molecule has 0 bridgehead atoms. The summed E-state index contributed by atoms with van der Waals surface area (Å²) in [7, 11) is 0.